The summed E-state index contributed by atoms with van der Waals surface area (Å²) in [5, 5.41) is 0. The molecule has 4 rings (SSSR count). The normalized spacial score (nSPS) is 18.3. The summed E-state index contributed by atoms with van der Waals surface area (Å²) in [6.07, 6.45) is 0.783. The number of nitrogens with zero attached hydrogens (tertiary/aromatic N) is 2. The van der Waals surface area contributed by atoms with Gasteiger partial charge in [0.2, 0.25) is 10.0 Å². The lowest BCUT2D eigenvalue weighted by atomic mass is 10.0. The number of anilines is 1. The molecule has 2 aromatic rings. The maximum atomic E-state index is 14.4. The molecule has 1 fully saturated rings. The molecule has 2 aliphatic rings. The van der Waals surface area contributed by atoms with Gasteiger partial charge in [-0.3, -0.25) is 4.31 Å². The van der Waals surface area contributed by atoms with Crippen LogP contribution >= 0.6 is 0 Å². The number of sulfonamides is 2. The molecular formula is C19H20F2N2O5S2. The van der Waals surface area contributed by atoms with E-state index in [4.69, 9.17) is 4.74 Å². The van der Waals surface area contributed by atoms with Gasteiger partial charge in [-0.1, -0.05) is 0 Å². The number of hydrogen-bond donors (Lipinski definition) is 0. The molecule has 0 saturated carbocycles. The number of fused-ring (bicyclic) bond motifs is 1. The van der Waals surface area contributed by atoms with Crippen molar-refractivity contribution in [2.75, 3.05) is 37.2 Å². The molecule has 30 heavy (non-hydrogen) atoms. The lowest BCUT2D eigenvalue weighted by molar-refractivity contribution is 0.0730. The van der Waals surface area contributed by atoms with Crippen LogP contribution in [0.5, 0.6) is 0 Å². The average Bonchev–Trinajstić information content (AvgIpc) is 2.73. The lowest BCUT2D eigenvalue weighted by Crippen LogP contribution is -2.40. The van der Waals surface area contributed by atoms with E-state index in [0.29, 0.717) is 32.1 Å². The van der Waals surface area contributed by atoms with Crippen LogP contribution in [-0.2, 0) is 31.2 Å². The predicted octanol–water partition coefficient (Wildman–Crippen LogP) is 2.13. The molecule has 0 atom stereocenters. The zero-order valence-electron chi connectivity index (χ0n) is 15.9. The summed E-state index contributed by atoms with van der Waals surface area (Å²) >= 11 is 0. The molecule has 0 unspecified atom stereocenters. The zero-order valence-corrected chi connectivity index (χ0v) is 17.6. The molecule has 11 heteroatoms. The number of benzene rings is 2. The van der Waals surface area contributed by atoms with Gasteiger partial charge < -0.3 is 4.74 Å². The SMILES string of the molecule is O=S(=O)(c1ccc(S(=O)(=O)N2CCCc3cc(F)cc(F)c32)cc1)N1CCOCC1. The number of aryl methyl sites for hydroxylation is 1. The van der Waals surface area contributed by atoms with Crippen molar-refractivity contribution < 1.29 is 30.4 Å². The monoisotopic (exact) mass is 458 g/mol. The third-order valence-electron chi connectivity index (χ3n) is 5.18. The summed E-state index contributed by atoms with van der Waals surface area (Å²) in [4.78, 5) is -0.198. The van der Waals surface area contributed by atoms with Gasteiger partial charge in [0.1, 0.15) is 5.82 Å². The van der Waals surface area contributed by atoms with Gasteiger partial charge in [0.05, 0.1) is 28.7 Å². The fraction of sp³-hybridized carbons (Fsp3) is 0.368. The highest BCUT2D eigenvalue weighted by molar-refractivity contribution is 7.93. The van der Waals surface area contributed by atoms with Gasteiger partial charge in [-0.05, 0) is 48.7 Å². The summed E-state index contributed by atoms with van der Waals surface area (Å²) in [5.74, 6) is -1.71. The van der Waals surface area contributed by atoms with Gasteiger partial charge >= 0.3 is 0 Å². The molecule has 0 radical (unpaired) electrons. The maximum Gasteiger partial charge on any atom is 0.264 e. The highest BCUT2D eigenvalue weighted by Gasteiger charge is 2.33. The van der Waals surface area contributed by atoms with Crippen molar-refractivity contribution in [3.8, 4) is 0 Å². The molecule has 0 N–H and O–H groups in total. The Kier molecular flexibility index (Phi) is 5.56. The van der Waals surface area contributed by atoms with Crippen molar-refractivity contribution in [2.24, 2.45) is 0 Å². The van der Waals surface area contributed by atoms with Crippen LogP contribution in [0.2, 0.25) is 0 Å². The third kappa shape index (κ3) is 3.70. The predicted molar refractivity (Wildman–Crippen MR) is 105 cm³/mol. The Morgan fingerprint density at radius 1 is 0.833 bits per heavy atom. The minimum Gasteiger partial charge on any atom is -0.379 e. The van der Waals surface area contributed by atoms with E-state index in [1.807, 2.05) is 0 Å². The summed E-state index contributed by atoms with van der Waals surface area (Å²) < 4.78 is 87.0. The molecule has 0 bridgehead atoms. The first-order valence-corrected chi connectivity index (χ1v) is 12.3. The highest BCUT2D eigenvalue weighted by Crippen LogP contribution is 2.35. The largest absolute Gasteiger partial charge is 0.379 e. The molecular weight excluding hydrogens is 438 g/mol. The highest BCUT2D eigenvalue weighted by atomic mass is 32.2. The maximum absolute atomic E-state index is 14.4. The van der Waals surface area contributed by atoms with Crippen molar-refractivity contribution in [2.45, 2.75) is 22.6 Å². The first-order valence-electron chi connectivity index (χ1n) is 9.40. The fourth-order valence-corrected chi connectivity index (χ4v) is 6.66. The third-order valence-corrected chi connectivity index (χ3v) is 8.91. The van der Waals surface area contributed by atoms with Crippen LogP contribution in [0.4, 0.5) is 14.5 Å². The number of morpholine rings is 1. The van der Waals surface area contributed by atoms with Gasteiger partial charge in [0, 0.05) is 25.7 Å². The number of hydrogen-bond acceptors (Lipinski definition) is 5. The van der Waals surface area contributed by atoms with Gasteiger partial charge in [0.25, 0.3) is 10.0 Å². The van der Waals surface area contributed by atoms with Crippen LogP contribution in [0.15, 0.2) is 46.2 Å². The topological polar surface area (TPSA) is 84.0 Å². The smallest absolute Gasteiger partial charge is 0.264 e. The van der Waals surface area contributed by atoms with E-state index in [1.54, 1.807) is 0 Å². The summed E-state index contributed by atoms with van der Waals surface area (Å²) in [5.41, 5.74) is 0.126. The Morgan fingerprint density at radius 3 is 2.07 bits per heavy atom. The Hall–Kier alpha value is -2.08. The second kappa shape index (κ2) is 7.88. The molecule has 2 aromatic carbocycles. The minimum absolute atomic E-state index is 0.0318. The van der Waals surface area contributed by atoms with Gasteiger partial charge in [0.15, 0.2) is 5.82 Å². The molecule has 2 aliphatic heterocycles. The molecule has 1 saturated heterocycles. The van der Waals surface area contributed by atoms with Crippen molar-refractivity contribution in [1.82, 2.24) is 4.31 Å². The van der Waals surface area contributed by atoms with Crippen LogP contribution in [-0.4, -0.2) is 54.0 Å². The molecule has 7 nitrogen and oxygen atoms in total. The van der Waals surface area contributed by atoms with E-state index in [9.17, 15) is 25.6 Å². The Balaban J connectivity index is 1.67. The Morgan fingerprint density at radius 2 is 1.43 bits per heavy atom. The second-order valence-electron chi connectivity index (χ2n) is 7.06. The summed E-state index contributed by atoms with van der Waals surface area (Å²) in [7, 11) is -7.92. The Labute approximate surface area is 174 Å². The summed E-state index contributed by atoms with van der Waals surface area (Å²) in [6.45, 7) is 1.09. The van der Waals surface area contributed by atoms with Crippen LogP contribution in [0.1, 0.15) is 12.0 Å². The second-order valence-corrected chi connectivity index (χ2v) is 10.9. The standard InChI is InChI=1S/C19H20F2N2O5S2/c20-15-12-14-2-1-7-23(19(14)18(21)13-15)30(26,27)17-5-3-16(4-6-17)29(24,25)22-8-10-28-11-9-22/h3-6,12-13H,1-2,7-11H2. The zero-order chi connectivity index (χ0) is 21.5. The van der Waals surface area contributed by atoms with Crippen molar-refractivity contribution in [3.05, 3.63) is 53.6 Å². The average molecular weight is 459 g/mol. The van der Waals surface area contributed by atoms with Gasteiger partial charge in [-0.2, -0.15) is 4.31 Å². The number of ether oxygens (including phenoxy) is 1. The van der Waals surface area contributed by atoms with Gasteiger partial charge in [-0.15, -0.1) is 0 Å². The summed E-state index contributed by atoms with van der Waals surface area (Å²) in [6, 6.07) is 6.63. The van der Waals surface area contributed by atoms with Crippen LogP contribution in [0, 0.1) is 11.6 Å². The van der Waals surface area contributed by atoms with Crippen LogP contribution in [0.3, 0.4) is 0 Å². The lowest BCUT2D eigenvalue weighted by Gasteiger charge is -2.31. The van der Waals surface area contributed by atoms with Crippen molar-refractivity contribution >= 4 is 25.7 Å². The molecule has 162 valence electrons. The number of halogens is 2. The first kappa shape index (κ1) is 21.2. The molecule has 0 spiro atoms. The molecule has 0 amide bonds. The van der Waals surface area contributed by atoms with E-state index in [2.05, 4.69) is 0 Å². The van der Waals surface area contributed by atoms with Crippen molar-refractivity contribution in [1.29, 1.82) is 0 Å². The van der Waals surface area contributed by atoms with E-state index in [-0.39, 0.29) is 40.7 Å². The molecule has 2 heterocycles. The Bertz CT molecular complexity index is 1160. The number of rotatable bonds is 4. The quantitative estimate of drug-likeness (QED) is 0.701. The minimum atomic E-state index is -4.16. The fourth-order valence-electron chi connectivity index (χ4n) is 3.70. The van der Waals surface area contributed by atoms with E-state index < -0.39 is 31.7 Å². The van der Waals surface area contributed by atoms with Crippen LogP contribution < -0.4 is 4.31 Å². The van der Waals surface area contributed by atoms with E-state index >= 15 is 0 Å². The van der Waals surface area contributed by atoms with E-state index in [0.717, 1.165) is 10.4 Å². The van der Waals surface area contributed by atoms with Gasteiger partial charge in [-0.25, -0.2) is 25.6 Å². The molecule has 0 aliphatic carbocycles. The van der Waals surface area contributed by atoms with Crippen molar-refractivity contribution in [3.63, 3.8) is 0 Å². The van der Waals surface area contributed by atoms with Crippen LogP contribution in [0.25, 0.3) is 0 Å². The molecule has 0 aromatic heterocycles. The van der Waals surface area contributed by atoms with E-state index in [1.165, 1.54) is 28.6 Å². The first-order chi connectivity index (χ1) is 14.2.